The number of carbonyl (C=O) groups is 3. The minimum atomic E-state index is -1.81. The van der Waals surface area contributed by atoms with E-state index in [2.05, 4.69) is 26.2 Å². The van der Waals surface area contributed by atoms with Crippen molar-refractivity contribution in [2.45, 2.75) is 45.0 Å². The normalized spacial score (nSPS) is 23.3. The van der Waals surface area contributed by atoms with Crippen molar-refractivity contribution in [1.82, 2.24) is 4.90 Å². The Hall–Kier alpha value is -1.58. The molecule has 3 atom stereocenters. The minimum Gasteiger partial charge on any atom is -0.460 e. The summed E-state index contributed by atoms with van der Waals surface area (Å²) >= 11 is 1.35. The topological polar surface area (TPSA) is 82.1 Å². The van der Waals surface area contributed by atoms with Gasteiger partial charge in [-0.1, -0.05) is 24.4 Å². The van der Waals surface area contributed by atoms with Gasteiger partial charge in [-0.25, -0.2) is 4.79 Å². The Morgan fingerprint density at radius 2 is 2.00 bits per heavy atom. The monoisotopic (exact) mass is 399 g/mol. The van der Waals surface area contributed by atoms with E-state index < -0.39 is 20.3 Å². The zero-order chi connectivity index (χ0) is 19.6. The van der Waals surface area contributed by atoms with Gasteiger partial charge in [0.2, 0.25) is 5.91 Å². The van der Waals surface area contributed by atoms with Crippen LogP contribution in [0, 0.1) is 5.92 Å². The second kappa shape index (κ2) is 7.97. The number of hydrogen-bond acceptors (Lipinski definition) is 7. The summed E-state index contributed by atoms with van der Waals surface area (Å²) in [5.41, 5.74) is 0.157. The Balaban J connectivity index is 2.20. The van der Waals surface area contributed by atoms with Crippen LogP contribution in [0.1, 0.15) is 13.8 Å². The van der Waals surface area contributed by atoms with Crippen LogP contribution < -0.4 is 0 Å². The largest absolute Gasteiger partial charge is 0.460 e. The second-order valence-corrected chi connectivity index (χ2v) is 12.8. The zero-order valence-corrected chi connectivity index (χ0v) is 17.6. The number of thioether (sulfide) groups is 1. The molecular weight excluding hydrogens is 374 g/mol. The molecule has 0 unspecified atom stereocenters. The van der Waals surface area contributed by atoms with E-state index in [1.807, 2.05) is 6.92 Å². The molecule has 1 fully saturated rings. The van der Waals surface area contributed by atoms with Gasteiger partial charge in [-0.2, -0.15) is 0 Å². The summed E-state index contributed by atoms with van der Waals surface area (Å²) in [7, 11) is -1.81. The molecule has 0 bridgehead atoms. The molecule has 2 rings (SSSR count). The molecule has 0 aromatic heterocycles. The Bertz CT molecular complexity index is 656. The van der Waals surface area contributed by atoms with Gasteiger partial charge in [-0.3, -0.25) is 14.5 Å². The number of fused-ring (bicyclic) bond motifs is 1. The predicted octanol–water partition coefficient (Wildman–Crippen LogP) is 2.26. The third kappa shape index (κ3) is 4.39. The molecule has 144 valence electrons. The molecule has 7 nitrogen and oxygen atoms in total. The summed E-state index contributed by atoms with van der Waals surface area (Å²) in [6.45, 7) is 12.9. The van der Waals surface area contributed by atoms with Crippen molar-refractivity contribution in [1.29, 1.82) is 0 Å². The maximum atomic E-state index is 12.7. The van der Waals surface area contributed by atoms with Gasteiger partial charge in [0.05, 0.1) is 16.9 Å². The van der Waals surface area contributed by atoms with E-state index in [4.69, 9.17) is 13.9 Å². The molecule has 0 aliphatic carbocycles. The van der Waals surface area contributed by atoms with E-state index in [9.17, 15) is 14.4 Å². The summed E-state index contributed by atoms with van der Waals surface area (Å²) in [5.74, 6) is -1.59. The molecule has 1 amide bonds. The molecule has 9 heteroatoms. The van der Waals surface area contributed by atoms with E-state index >= 15 is 0 Å². The lowest BCUT2D eigenvalue weighted by Gasteiger charge is -2.46. The number of hydrogen-bond donors (Lipinski definition) is 0. The van der Waals surface area contributed by atoms with Crippen molar-refractivity contribution >= 4 is 37.9 Å². The van der Waals surface area contributed by atoms with Crippen LogP contribution in [-0.2, 0) is 28.3 Å². The van der Waals surface area contributed by atoms with Crippen LogP contribution in [0.3, 0.4) is 0 Å². The van der Waals surface area contributed by atoms with E-state index in [-0.39, 0.29) is 42.2 Å². The van der Waals surface area contributed by atoms with Gasteiger partial charge in [-0.05, 0) is 26.6 Å². The number of ether oxygens (including phenoxy) is 2. The number of amides is 1. The first-order valence-corrected chi connectivity index (χ1v) is 12.7. The molecule has 0 aromatic rings. The molecule has 1 saturated heterocycles. The molecule has 0 radical (unpaired) electrons. The van der Waals surface area contributed by atoms with Gasteiger partial charge >= 0.3 is 11.9 Å². The highest BCUT2D eigenvalue weighted by Gasteiger charge is 2.58. The van der Waals surface area contributed by atoms with Gasteiger partial charge < -0.3 is 13.9 Å². The van der Waals surface area contributed by atoms with Crippen molar-refractivity contribution in [2.75, 3.05) is 13.2 Å². The standard InChI is InChI=1S/C17H25NO6SSi/c1-7-8-22-17(21)14-12(9-23-11(3)19)25-16-13(15(20)18(14)16)10(2)24-26(4,5)6/h7,10,13,16H,1,8-9H2,2-6H3/t10-,13+,16-/m1/s1. The zero-order valence-electron chi connectivity index (χ0n) is 15.7. The Morgan fingerprint density at radius 1 is 1.35 bits per heavy atom. The van der Waals surface area contributed by atoms with Crippen LogP contribution in [0.15, 0.2) is 23.3 Å². The predicted molar refractivity (Wildman–Crippen MR) is 100 cm³/mol. The highest BCUT2D eigenvalue weighted by molar-refractivity contribution is 8.04. The molecule has 0 spiro atoms. The first-order valence-electron chi connectivity index (χ1n) is 8.39. The Morgan fingerprint density at radius 3 is 2.54 bits per heavy atom. The maximum Gasteiger partial charge on any atom is 0.356 e. The average Bonchev–Trinajstić information content (AvgIpc) is 2.83. The van der Waals surface area contributed by atoms with Gasteiger partial charge in [0.15, 0.2) is 8.32 Å². The Labute approximate surface area is 158 Å². The van der Waals surface area contributed by atoms with Crippen molar-refractivity contribution < 1.29 is 28.3 Å². The molecule has 2 heterocycles. The van der Waals surface area contributed by atoms with Crippen molar-refractivity contribution in [2.24, 2.45) is 5.92 Å². The van der Waals surface area contributed by atoms with Crippen LogP contribution in [0.2, 0.25) is 19.6 Å². The van der Waals surface area contributed by atoms with Crippen LogP contribution in [0.25, 0.3) is 0 Å². The SMILES string of the molecule is C=CCOC(=O)C1=C(COC(C)=O)S[C@@H]2[C@@H]([C@@H](C)O[Si](C)(C)C)C(=O)N12. The molecule has 2 aliphatic heterocycles. The first kappa shape index (κ1) is 20.7. The average molecular weight is 400 g/mol. The van der Waals surface area contributed by atoms with Gasteiger partial charge in [0, 0.05) is 6.92 Å². The maximum absolute atomic E-state index is 12.7. The molecular formula is C17H25NO6SSi. The first-order chi connectivity index (χ1) is 12.1. The summed E-state index contributed by atoms with van der Waals surface area (Å²) in [5, 5.41) is -0.245. The van der Waals surface area contributed by atoms with Crippen molar-refractivity contribution in [3.05, 3.63) is 23.3 Å². The molecule has 2 aliphatic rings. The van der Waals surface area contributed by atoms with Crippen LogP contribution >= 0.6 is 11.8 Å². The number of nitrogens with zero attached hydrogens (tertiary/aromatic N) is 1. The number of carbonyl (C=O) groups excluding carboxylic acids is 3. The van der Waals surface area contributed by atoms with E-state index in [0.29, 0.717) is 4.91 Å². The fraction of sp³-hybridized carbons (Fsp3) is 0.588. The molecule has 26 heavy (non-hydrogen) atoms. The highest BCUT2D eigenvalue weighted by Crippen LogP contribution is 2.51. The number of esters is 2. The number of β-lactam (4-membered cyclic amide) rings is 1. The lowest BCUT2D eigenvalue weighted by Crippen LogP contribution is -2.62. The third-order valence-corrected chi connectivity index (χ3v) is 6.25. The molecule has 0 aromatic carbocycles. The van der Waals surface area contributed by atoms with Gasteiger partial charge in [0.1, 0.15) is 24.3 Å². The van der Waals surface area contributed by atoms with Crippen LogP contribution in [0.4, 0.5) is 0 Å². The van der Waals surface area contributed by atoms with E-state index in [1.54, 1.807) is 0 Å². The second-order valence-electron chi connectivity index (χ2n) is 7.12. The summed E-state index contributed by atoms with van der Waals surface area (Å²) in [6, 6.07) is 0. The van der Waals surface area contributed by atoms with Crippen molar-refractivity contribution in [3.63, 3.8) is 0 Å². The minimum absolute atomic E-state index is 0.0408. The fourth-order valence-corrected chi connectivity index (χ4v) is 5.71. The number of rotatable bonds is 8. The van der Waals surface area contributed by atoms with Crippen LogP contribution in [0.5, 0.6) is 0 Å². The summed E-state index contributed by atoms with van der Waals surface area (Å²) in [6.07, 6.45) is 1.20. The quantitative estimate of drug-likeness (QED) is 0.268. The van der Waals surface area contributed by atoms with Gasteiger partial charge in [0.25, 0.3) is 0 Å². The van der Waals surface area contributed by atoms with Crippen molar-refractivity contribution in [3.8, 4) is 0 Å². The smallest absolute Gasteiger partial charge is 0.356 e. The summed E-state index contributed by atoms with van der Waals surface area (Å²) < 4.78 is 16.2. The third-order valence-electron chi connectivity index (χ3n) is 3.83. The fourth-order valence-electron chi connectivity index (χ4n) is 2.93. The highest BCUT2D eigenvalue weighted by atomic mass is 32.2. The lowest BCUT2D eigenvalue weighted by atomic mass is 9.92. The summed E-state index contributed by atoms with van der Waals surface area (Å²) in [4.78, 5) is 38.2. The lowest BCUT2D eigenvalue weighted by molar-refractivity contribution is -0.157. The molecule has 0 N–H and O–H groups in total. The van der Waals surface area contributed by atoms with Crippen LogP contribution in [-0.4, -0.2) is 55.8 Å². The van der Waals surface area contributed by atoms with E-state index in [1.165, 1.54) is 29.7 Å². The Kier molecular flexibility index (Phi) is 6.36. The molecule has 0 saturated carbocycles. The van der Waals surface area contributed by atoms with E-state index in [0.717, 1.165) is 0 Å². The van der Waals surface area contributed by atoms with Gasteiger partial charge in [-0.15, -0.1) is 0 Å².